The van der Waals surface area contributed by atoms with Crippen molar-refractivity contribution in [3.8, 4) is 40.2 Å². The highest BCUT2D eigenvalue weighted by Gasteiger charge is 2.40. The molecule has 2 atom stereocenters. The molecule has 2 aliphatic rings. The minimum Gasteiger partial charge on any atom is -0.493 e. The van der Waals surface area contributed by atoms with E-state index in [0.717, 1.165) is 66.4 Å². The lowest BCUT2D eigenvalue weighted by molar-refractivity contribution is -0.947. The van der Waals surface area contributed by atoms with Crippen molar-refractivity contribution in [1.29, 1.82) is 0 Å². The maximum atomic E-state index is 12.9. The molecule has 15 heteroatoms. The summed E-state index contributed by atoms with van der Waals surface area (Å²) < 4.78 is 57.3. The number of carbonyl (C=O) groups is 2. The zero-order valence-corrected chi connectivity index (χ0v) is 37.0. The van der Waals surface area contributed by atoms with E-state index in [2.05, 4.69) is 19.2 Å². The van der Waals surface area contributed by atoms with Crippen LogP contribution in [0.5, 0.6) is 40.2 Å². The van der Waals surface area contributed by atoms with Gasteiger partial charge in [0.05, 0.1) is 103 Å². The fourth-order valence-corrected chi connectivity index (χ4v) is 8.54. The Hall–Kier alpha value is -4.89. The number of quaternary nitrogens is 2. The average Bonchev–Trinajstić information content (AvgIpc) is 3.26. The highest BCUT2D eigenvalue weighted by Crippen LogP contribution is 2.45. The average molecular weight is 857 g/mol. The number of morpholine rings is 1. The summed E-state index contributed by atoms with van der Waals surface area (Å²) in [5.41, 5.74) is 4.46. The number of rotatable bonds is 21. The van der Waals surface area contributed by atoms with Crippen molar-refractivity contribution in [2.24, 2.45) is 0 Å². The molecule has 0 saturated carbocycles. The number of esters is 2. The Balaban J connectivity index is 1.17. The summed E-state index contributed by atoms with van der Waals surface area (Å²) in [7, 11) is 13.5. The molecular formula is C45H61ClN2O12+2. The summed E-state index contributed by atoms with van der Waals surface area (Å²) in [6.45, 7) is 6.35. The molecule has 0 amide bonds. The third-order valence-electron chi connectivity index (χ3n) is 11.7. The van der Waals surface area contributed by atoms with Crippen LogP contribution in [0.15, 0.2) is 53.6 Å². The van der Waals surface area contributed by atoms with E-state index in [0.29, 0.717) is 83.8 Å². The first-order valence-electron chi connectivity index (χ1n) is 20.2. The molecule has 0 aliphatic carbocycles. The number of ether oxygens (including phenoxy) is 10. The number of nitrogens with zero attached hydrogens (tertiary/aromatic N) is 2. The molecular weight excluding hydrogens is 796 g/mol. The van der Waals surface area contributed by atoms with E-state index in [9.17, 15) is 9.59 Å². The van der Waals surface area contributed by atoms with Crippen molar-refractivity contribution in [1.82, 2.24) is 0 Å². The number of halogens is 1. The maximum Gasteiger partial charge on any atom is 0.350 e. The molecule has 2 unspecified atom stereocenters. The number of carbonyl (C=O) groups excluding carboxylic acids is 2. The Labute approximate surface area is 358 Å². The van der Waals surface area contributed by atoms with Gasteiger partial charge in [0.25, 0.3) is 0 Å². The van der Waals surface area contributed by atoms with E-state index in [1.807, 2.05) is 30.3 Å². The molecule has 0 bridgehead atoms. The first kappa shape index (κ1) is 46.2. The highest BCUT2D eigenvalue weighted by atomic mass is 35.5. The summed E-state index contributed by atoms with van der Waals surface area (Å²) in [6, 6.07) is 14.0. The second-order valence-electron chi connectivity index (χ2n) is 15.3. The topological polar surface area (TPSA) is 126 Å². The van der Waals surface area contributed by atoms with Crippen molar-refractivity contribution in [3.05, 3.63) is 75.8 Å². The standard InChI is InChI=1S/C45H61ClN2O12/c1-47(16-13-33-27-39(53-4)40(54-5)28-34(33)36(47)23-32-25-41(55-6)44(57-8)42(26-32)56-7)14-9-20-60-45(50)35(46)29-43(49)59-19-10-15-48(17-21-58-22-18-48)30-31-11-12-37(51-2)38(24-31)52-3/h11-12,24-29,36H,9-10,13-23,30H2,1-8H3/q+2. The van der Waals surface area contributed by atoms with Crippen LogP contribution >= 0.6 is 11.6 Å². The Morgan fingerprint density at radius 2 is 1.28 bits per heavy atom. The van der Waals surface area contributed by atoms with Crippen LogP contribution in [0.4, 0.5) is 0 Å². The van der Waals surface area contributed by atoms with Crippen LogP contribution in [0.25, 0.3) is 0 Å². The van der Waals surface area contributed by atoms with Gasteiger partial charge in [-0.15, -0.1) is 0 Å². The van der Waals surface area contributed by atoms with E-state index >= 15 is 0 Å². The van der Waals surface area contributed by atoms with Gasteiger partial charge in [0.2, 0.25) is 5.75 Å². The van der Waals surface area contributed by atoms with Gasteiger partial charge in [-0.1, -0.05) is 11.6 Å². The van der Waals surface area contributed by atoms with Gasteiger partial charge in [0.15, 0.2) is 34.5 Å². The molecule has 60 heavy (non-hydrogen) atoms. The largest absolute Gasteiger partial charge is 0.493 e. The number of hydrogen-bond donors (Lipinski definition) is 0. The van der Waals surface area contributed by atoms with Crippen molar-refractivity contribution < 1.29 is 65.9 Å². The molecule has 0 spiro atoms. The molecule has 0 N–H and O–H groups in total. The van der Waals surface area contributed by atoms with Crippen LogP contribution in [-0.4, -0.2) is 137 Å². The van der Waals surface area contributed by atoms with E-state index < -0.39 is 11.9 Å². The van der Waals surface area contributed by atoms with Gasteiger partial charge in [0, 0.05) is 42.9 Å². The van der Waals surface area contributed by atoms with Gasteiger partial charge in [-0.2, -0.15) is 0 Å². The summed E-state index contributed by atoms with van der Waals surface area (Å²) >= 11 is 6.26. The lowest BCUT2D eigenvalue weighted by Gasteiger charge is -2.46. The predicted molar refractivity (Wildman–Crippen MR) is 226 cm³/mol. The van der Waals surface area contributed by atoms with Crippen LogP contribution in [-0.2, 0) is 43.2 Å². The van der Waals surface area contributed by atoms with Crippen LogP contribution in [0.2, 0.25) is 0 Å². The molecule has 2 aliphatic heterocycles. The minimum absolute atomic E-state index is 0.00333. The van der Waals surface area contributed by atoms with Crippen molar-refractivity contribution in [2.75, 3.05) is 116 Å². The van der Waals surface area contributed by atoms with Crippen molar-refractivity contribution in [2.45, 2.75) is 38.3 Å². The third kappa shape index (κ3) is 11.3. The molecule has 3 aromatic rings. The van der Waals surface area contributed by atoms with E-state index in [-0.39, 0.29) is 24.3 Å². The summed E-state index contributed by atoms with van der Waals surface area (Å²) in [4.78, 5) is 25.6. The van der Waals surface area contributed by atoms with Gasteiger partial charge in [-0.3, -0.25) is 0 Å². The fourth-order valence-electron chi connectivity index (χ4n) is 8.40. The van der Waals surface area contributed by atoms with E-state index in [1.54, 1.807) is 49.8 Å². The third-order valence-corrected chi connectivity index (χ3v) is 12.0. The zero-order valence-electron chi connectivity index (χ0n) is 36.3. The molecule has 0 aromatic heterocycles. The number of methoxy groups -OCH3 is 7. The Morgan fingerprint density at radius 3 is 1.92 bits per heavy atom. The molecule has 5 rings (SSSR count). The lowest BCUT2D eigenvalue weighted by Crippen LogP contribution is -2.55. The van der Waals surface area contributed by atoms with Crippen LogP contribution < -0.4 is 33.2 Å². The number of fused-ring (bicyclic) bond motifs is 1. The number of benzene rings is 3. The molecule has 1 fully saturated rings. The van der Waals surface area contributed by atoms with Crippen LogP contribution in [0.3, 0.4) is 0 Å². The molecule has 328 valence electrons. The smallest absolute Gasteiger partial charge is 0.350 e. The highest BCUT2D eigenvalue weighted by molar-refractivity contribution is 6.42. The molecule has 2 heterocycles. The van der Waals surface area contributed by atoms with Gasteiger partial charge < -0.3 is 56.3 Å². The zero-order chi connectivity index (χ0) is 43.3. The SMILES string of the molecule is COc1ccc(C[N+]2(CCCOC(=O)C=C(Cl)C(=O)OCCC[N+]3(C)CCc4cc(OC)c(OC)cc4C3Cc3cc(OC)c(OC)c(OC)c3)CCOCC2)cc1OC. The maximum absolute atomic E-state index is 12.9. The van der Waals surface area contributed by atoms with Gasteiger partial charge >= 0.3 is 11.9 Å². The summed E-state index contributed by atoms with van der Waals surface area (Å²) in [5.74, 6) is 2.91. The second-order valence-corrected chi connectivity index (χ2v) is 15.7. The first-order chi connectivity index (χ1) is 28.9. The molecule has 3 aromatic carbocycles. The van der Waals surface area contributed by atoms with Gasteiger partial charge in [0.1, 0.15) is 30.7 Å². The monoisotopic (exact) mass is 856 g/mol. The van der Waals surface area contributed by atoms with E-state index in [1.165, 1.54) is 5.56 Å². The molecule has 14 nitrogen and oxygen atoms in total. The normalized spacial score (nSPS) is 18.4. The lowest BCUT2D eigenvalue weighted by atomic mass is 9.86. The fraction of sp³-hybridized carbons (Fsp3) is 0.511. The molecule has 1 saturated heterocycles. The second kappa shape index (κ2) is 21.6. The number of hydrogen-bond acceptors (Lipinski definition) is 12. The summed E-state index contributed by atoms with van der Waals surface area (Å²) in [5, 5.41) is -0.334. The Morgan fingerprint density at radius 1 is 0.700 bits per heavy atom. The minimum atomic E-state index is -0.779. The molecule has 0 radical (unpaired) electrons. The number of likely N-dealkylation sites (N-methyl/N-ethyl adjacent to an activating group) is 1. The van der Waals surface area contributed by atoms with Crippen LogP contribution in [0, 0.1) is 0 Å². The van der Waals surface area contributed by atoms with Crippen molar-refractivity contribution >= 4 is 23.5 Å². The Bertz CT molecular complexity index is 1940. The van der Waals surface area contributed by atoms with Crippen molar-refractivity contribution in [3.63, 3.8) is 0 Å². The predicted octanol–water partition coefficient (Wildman–Crippen LogP) is 6.07. The summed E-state index contributed by atoms with van der Waals surface area (Å²) in [6.07, 6.45) is 3.63. The quantitative estimate of drug-likeness (QED) is 0.0535. The van der Waals surface area contributed by atoms with E-state index in [4.69, 9.17) is 59.0 Å². The first-order valence-corrected chi connectivity index (χ1v) is 20.6. The van der Waals surface area contributed by atoms with Gasteiger partial charge in [-0.25, -0.2) is 9.59 Å². The Kier molecular flexibility index (Phi) is 16.6. The van der Waals surface area contributed by atoms with Gasteiger partial charge in [-0.05, 0) is 53.6 Å². The van der Waals surface area contributed by atoms with Crippen LogP contribution in [0.1, 0.15) is 41.1 Å².